The molecule has 0 aromatic heterocycles. The molecule has 1 aliphatic rings. The number of amides is 1. The fourth-order valence-corrected chi connectivity index (χ4v) is 4.81. The summed E-state index contributed by atoms with van der Waals surface area (Å²) in [5.41, 5.74) is 7.56. The number of aryl methyl sites for hydroxylation is 1. The van der Waals surface area contributed by atoms with Gasteiger partial charge in [-0.2, -0.15) is 0 Å². The lowest BCUT2D eigenvalue weighted by molar-refractivity contribution is 0.0628. The first kappa shape index (κ1) is 25.9. The van der Waals surface area contributed by atoms with Gasteiger partial charge in [-0.25, -0.2) is 0 Å². The largest absolute Gasteiger partial charge is 0.457 e. The maximum atomic E-state index is 13.2. The molecule has 1 saturated heterocycles. The summed E-state index contributed by atoms with van der Waals surface area (Å²) in [6.07, 6.45) is 2.81. The number of methoxy groups -OCH3 is 1. The first-order chi connectivity index (χ1) is 17.4. The molecule has 0 bridgehead atoms. The molecule has 3 aromatic carbocycles. The molecule has 6 nitrogen and oxygen atoms in total. The van der Waals surface area contributed by atoms with Crippen molar-refractivity contribution in [2.24, 2.45) is 5.73 Å². The van der Waals surface area contributed by atoms with Crippen molar-refractivity contribution in [2.75, 3.05) is 26.8 Å². The molecule has 0 saturated carbocycles. The third-order valence-electron chi connectivity index (χ3n) is 6.88. The molecule has 36 heavy (non-hydrogen) atoms. The van der Waals surface area contributed by atoms with Gasteiger partial charge in [-0.05, 0) is 68.0 Å². The second-order valence-corrected chi connectivity index (χ2v) is 9.55. The van der Waals surface area contributed by atoms with Gasteiger partial charge in [0, 0.05) is 44.0 Å². The minimum Gasteiger partial charge on any atom is -0.457 e. The number of benzene rings is 3. The van der Waals surface area contributed by atoms with E-state index < -0.39 is 5.60 Å². The van der Waals surface area contributed by atoms with Gasteiger partial charge in [-0.15, -0.1) is 0 Å². The number of hydrogen-bond donors (Lipinski definition) is 2. The Morgan fingerprint density at radius 2 is 1.81 bits per heavy atom. The van der Waals surface area contributed by atoms with Gasteiger partial charge in [-0.3, -0.25) is 4.79 Å². The molecule has 4 rings (SSSR count). The van der Waals surface area contributed by atoms with E-state index in [1.807, 2.05) is 73.7 Å². The zero-order valence-electron chi connectivity index (χ0n) is 21.2. The standard InChI is InChI=1S/C30H36N2O4/c1-22-10-3-5-14-27(22)36-28-15-6-4-13-26(28)30(34,17-7-8-19-35-2)24-12-9-11-23(20-24)29(33)32-18-16-25(31)21-32/h3-6,9-15,20,25,34H,7-8,16-19,21,31H2,1-2H3/t25?,30-/m0/s1. The maximum Gasteiger partial charge on any atom is 0.253 e. The molecule has 1 aliphatic heterocycles. The first-order valence-electron chi connectivity index (χ1n) is 12.6. The molecule has 3 N–H and O–H groups in total. The summed E-state index contributed by atoms with van der Waals surface area (Å²) in [5, 5.41) is 12.3. The highest BCUT2D eigenvalue weighted by molar-refractivity contribution is 5.94. The van der Waals surface area contributed by atoms with Crippen LogP contribution in [-0.4, -0.2) is 48.8 Å². The number of likely N-dealkylation sites (tertiary alicyclic amines) is 1. The highest BCUT2D eigenvalue weighted by Crippen LogP contribution is 2.41. The number of carbonyl (C=O) groups excluding carboxylic acids is 1. The topological polar surface area (TPSA) is 85.0 Å². The van der Waals surface area contributed by atoms with Crippen molar-refractivity contribution in [2.45, 2.75) is 44.2 Å². The zero-order chi connectivity index (χ0) is 25.5. The third-order valence-corrected chi connectivity index (χ3v) is 6.88. The van der Waals surface area contributed by atoms with Gasteiger partial charge < -0.3 is 25.2 Å². The smallest absolute Gasteiger partial charge is 0.253 e. The van der Waals surface area contributed by atoms with E-state index in [1.54, 1.807) is 18.1 Å². The van der Waals surface area contributed by atoms with Gasteiger partial charge in [0.25, 0.3) is 5.91 Å². The lowest BCUT2D eigenvalue weighted by Crippen LogP contribution is -2.32. The minimum atomic E-state index is -1.36. The van der Waals surface area contributed by atoms with E-state index in [0.29, 0.717) is 48.6 Å². The molecule has 1 unspecified atom stereocenters. The Labute approximate surface area is 213 Å². The molecule has 1 heterocycles. The summed E-state index contributed by atoms with van der Waals surface area (Å²) in [6.45, 7) is 3.81. The Morgan fingerprint density at radius 3 is 2.53 bits per heavy atom. The van der Waals surface area contributed by atoms with Crippen molar-refractivity contribution in [1.29, 1.82) is 0 Å². The highest BCUT2D eigenvalue weighted by atomic mass is 16.5. The monoisotopic (exact) mass is 488 g/mol. The van der Waals surface area contributed by atoms with E-state index in [4.69, 9.17) is 15.2 Å². The predicted molar refractivity (Wildman–Crippen MR) is 141 cm³/mol. The molecular formula is C30H36N2O4. The molecule has 1 fully saturated rings. The van der Waals surface area contributed by atoms with Crippen molar-refractivity contribution >= 4 is 5.91 Å². The van der Waals surface area contributed by atoms with Crippen molar-refractivity contribution in [3.05, 3.63) is 95.1 Å². The van der Waals surface area contributed by atoms with Crippen LogP contribution in [0.15, 0.2) is 72.8 Å². The Bertz CT molecular complexity index is 1180. The predicted octanol–water partition coefficient (Wildman–Crippen LogP) is 5.01. The van der Waals surface area contributed by atoms with Crippen molar-refractivity contribution in [1.82, 2.24) is 4.90 Å². The van der Waals surface area contributed by atoms with E-state index in [9.17, 15) is 9.90 Å². The van der Waals surface area contributed by atoms with E-state index >= 15 is 0 Å². The maximum absolute atomic E-state index is 13.2. The summed E-state index contributed by atoms with van der Waals surface area (Å²) in [5.74, 6) is 1.26. The number of aliphatic hydroxyl groups is 1. The van der Waals surface area contributed by atoms with Crippen LogP contribution in [0.2, 0.25) is 0 Å². The quantitative estimate of drug-likeness (QED) is 0.392. The Balaban J connectivity index is 1.72. The van der Waals surface area contributed by atoms with Crippen LogP contribution in [-0.2, 0) is 10.3 Å². The number of nitrogens with zero attached hydrogens (tertiary/aromatic N) is 1. The lowest BCUT2D eigenvalue weighted by Gasteiger charge is -2.32. The number of unbranched alkanes of at least 4 members (excludes halogenated alkanes) is 1. The molecule has 1 amide bonds. The average Bonchev–Trinajstić information content (AvgIpc) is 3.34. The van der Waals surface area contributed by atoms with Crippen LogP contribution in [0.25, 0.3) is 0 Å². The second kappa shape index (κ2) is 11.7. The molecule has 6 heteroatoms. The number of rotatable bonds is 10. The molecule has 2 atom stereocenters. The zero-order valence-corrected chi connectivity index (χ0v) is 21.2. The van der Waals surface area contributed by atoms with Gasteiger partial charge in [0.15, 0.2) is 0 Å². The number of carbonyl (C=O) groups is 1. The van der Waals surface area contributed by atoms with Gasteiger partial charge >= 0.3 is 0 Å². The van der Waals surface area contributed by atoms with Crippen LogP contribution < -0.4 is 10.5 Å². The number of hydrogen-bond acceptors (Lipinski definition) is 5. The molecule has 0 aliphatic carbocycles. The van der Waals surface area contributed by atoms with Gasteiger partial charge in [0.2, 0.25) is 0 Å². The lowest BCUT2D eigenvalue weighted by atomic mass is 9.81. The van der Waals surface area contributed by atoms with Gasteiger partial charge in [0.1, 0.15) is 17.1 Å². The normalized spacial score (nSPS) is 17.1. The van der Waals surface area contributed by atoms with Crippen LogP contribution in [0.1, 0.15) is 52.7 Å². The van der Waals surface area contributed by atoms with Crippen LogP contribution in [0.4, 0.5) is 0 Å². The Kier molecular flexibility index (Phi) is 8.41. The van der Waals surface area contributed by atoms with Crippen molar-refractivity contribution in [3.63, 3.8) is 0 Å². The van der Waals surface area contributed by atoms with E-state index in [-0.39, 0.29) is 11.9 Å². The van der Waals surface area contributed by atoms with Crippen LogP contribution >= 0.6 is 0 Å². The second-order valence-electron chi connectivity index (χ2n) is 9.55. The summed E-state index contributed by atoms with van der Waals surface area (Å²) < 4.78 is 11.6. The van der Waals surface area contributed by atoms with Gasteiger partial charge in [-0.1, -0.05) is 48.5 Å². The Morgan fingerprint density at radius 1 is 1.06 bits per heavy atom. The SMILES string of the molecule is COCCCC[C@](O)(c1cccc(C(=O)N2CCC(N)C2)c1)c1ccccc1Oc1ccccc1C. The minimum absolute atomic E-state index is 0.0142. The van der Waals surface area contributed by atoms with Crippen molar-refractivity contribution < 1.29 is 19.4 Å². The third kappa shape index (κ3) is 5.78. The summed E-state index contributed by atoms with van der Waals surface area (Å²) in [4.78, 5) is 15.0. The summed E-state index contributed by atoms with van der Waals surface area (Å²) >= 11 is 0. The van der Waals surface area contributed by atoms with E-state index in [1.165, 1.54) is 0 Å². The van der Waals surface area contributed by atoms with Crippen LogP contribution in [0.3, 0.4) is 0 Å². The van der Waals surface area contributed by atoms with Crippen LogP contribution in [0.5, 0.6) is 11.5 Å². The molecule has 0 spiro atoms. The van der Waals surface area contributed by atoms with E-state index in [0.717, 1.165) is 30.6 Å². The molecule has 0 radical (unpaired) electrons. The summed E-state index contributed by atoms with van der Waals surface area (Å²) in [7, 11) is 1.68. The van der Waals surface area contributed by atoms with Crippen molar-refractivity contribution in [3.8, 4) is 11.5 Å². The molecule has 3 aromatic rings. The molecule has 190 valence electrons. The van der Waals surface area contributed by atoms with E-state index in [2.05, 4.69) is 0 Å². The summed E-state index contributed by atoms with van der Waals surface area (Å²) in [6, 6.07) is 22.7. The number of para-hydroxylation sites is 2. The highest BCUT2D eigenvalue weighted by Gasteiger charge is 2.35. The fraction of sp³-hybridized carbons (Fsp3) is 0.367. The number of ether oxygens (including phenoxy) is 2. The first-order valence-corrected chi connectivity index (χ1v) is 12.6. The van der Waals surface area contributed by atoms with Crippen LogP contribution in [0, 0.1) is 6.92 Å². The van der Waals surface area contributed by atoms with Gasteiger partial charge in [0.05, 0.1) is 0 Å². The molecular weight excluding hydrogens is 452 g/mol. The fourth-order valence-electron chi connectivity index (χ4n) is 4.81. The Hall–Kier alpha value is -3.19. The average molecular weight is 489 g/mol. The number of nitrogens with two attached hydrogens (primary N) is 1.